The van der Waals surface area contributed by atoms with Crippen LogP contribution in [0.3, 0.4) is 0 Å². The third kappa shape index (κ3) is 4.87. The molecule has 3 aliphatic rings. The maximum Gasteiger partial charge on any atom is 0.261 e. The Labute approximate surface area is 204 Å². The van der Waals surface area contributed by atoms with Gasteiger partial charge >= 0.3 is 0 Å². The predicted octanol–water partition coefficient (Wildman–Crippen LogP) is 4.16. The van der Waals surface area contributed by atoms with Gasteiger partial charge in [0.25, 0.3) is 11.8 Å². The van der Waals surface area contributed by atoms with Gasteiger partial charge in [-0.25, -0.2) is 0 Å². The van der Waals surface area contributed by atoms with E-state index in [1.165, 1.54) is 24.2 Å². The summed E-state index contributed by atoms with van der Waals surface area (Å²) in [6.07, 6.45) is 3.14. The number of methoxy groups -OCH3 is 1. The van der Waals surface area contributed by atoms with E-state index >= 15 is 0 Å². The van der Waals surface area contributed by atoms with Crippen LogP contribution in [0, 0.1) is 5.92 Å². The van der Waals surface area contributed by atoms with Crippen molar-refractivity contribution in [3.05, 3.63) is 59.0 Å². The second-order valence-electron chi connectivity index (χ2n) is 9.24. The number of nitrogens with one attached hydrogen (secondary N) is 2. The van der Waals surface area contributed by atoms with E-state index in [1.807, 2.05) is 42.5 Å². The Bertz CT molecular complexity index is 1180. The molecule has 0 spiro atoms. The SMILES string of the molecule is COCCCNC(=O)c1cccc(-c2cccc3cc(C(=O)NC4CN5CCC4CC5)sc23)c1. The number of ether oxygens (including phenoxy) is 1. The molecule has 34 heavy (non-hydrogen) atoms. The zero-order valence-electron chi connectivity index (χ0n) is 19.5. The predicted molar refractivity (Wildman–Crippen MR) is 137 cm³/mol. The monoisotopic (exact) mass is 477 g/mol. The van der Waals surface area contributed by atoms with Crippen LogP contribution in [0.25, 0.3) is 21.2 Å². The Morgan fingerprint density at radius 3 is 2.68 bits per heavy atom. The average molecular weight is 478 g/mol. The Morgan fingerprint density at radius 1 is 1.09 bits per heavy atom. The number of amides is 2. The first kappa shape index (κ1) is 23.0. The van der Waals surface area contributed by atoms with Crippen LogP contribution in [0.5, 0.6) is 0 Å². The number of carbonyl (C=O) groups is 2. The standard InChI is InChI=1S/C27H31N3O3S/c1-33-14-4-11-28-26(31)21-7-2-5-19(15-21)22-8-3-6-20-16-24(34-25(20)22)27(32)29-23-17-30-12-9-18(23)10-13-30/h2-3,5-8,15-16,18,23H,4,9-14,17H2,1H3,(H,28,31)(H,29,32). The van der Waals surface area contributed by atoms with Crippen molar-refractivity contribution in [2.45, 2.75) is 25.3 Å². The van der Waals surface area contributed by atoms with Crippen LogP contribution in [0.4, 0.5) is 0 Å². The first-order valence-electron chi connectivity index (χ1n) is 12.1. The van der Waals surface area contributed by atoms with Crippen LogP contribution in [0.1, 0.15) is 39.3 Å². The van der Waals surface area contributed by atoms with Crippen LogP contribution in [-0.4, -0.2) is 62.7 Å². The molecule has 3 saturated heterocycles. The molecule has 1 aromatic heterocycles. The van der Waals surface area contributed by atoms with Crippen molar-refractivity contribution in [1.82, 2.24) is 15.5 Å². The van der Waals surface area contributed by atoms with Crippen molar-refractivity contribution in [3.63, 3.8) is 0 Å². The number of nitrogens with zero attached hydrogens (tertiary/aromatic N) is 1. The number of hydrogen-bond donors (Lipinski definition) is 2. The first-order chi connectivity index (χ1) is 16.6. The minimum atomic E-state index is -0.0890. The lowest BCUT2D eigenvalue weighted by atomic mass is 9.84. The van der Waals surface area contributed by atoms with Gasteiger partial charge in [-0.05, 0) is 73.0 Å². The summed E-state index contributed by atoms with van der Waals surface area (Å²) in [6.45, 7) is 4.49. The van der Waals surface area contributed by atoms with Crippen molar-refractivity contribution < 1.29 is 14.3 Å². The van der Waals surface area contributed by atoms with Gasteiger partial charge in [0, 0.05) is 43.1 Å². The Kier molecular flexibility index (Phi) is 6.94. The third-order valence-corrected chi connectivity index (χ3v) is 8.17. The van der Waals surface area contributed by atoms with Crippen LogP contribution in [0.15, 0.2) is 48.5 Å². The van der Waals surface area contributed by atoms with Crippen LogP contribution in [-0.2, 0) is 4.74 Å². The molecule has 6 rings (SSSR count). The molecular weight excluding hydrogens is 446 g/mol. The van der Waals surface area contributed by atoms with Crippen LogP contribution >= 0.6 is 11.3 Å². The molecule has 1 atom stereocenters. The molecule has 2 bridgehead atoms. The molecule has 2 amide bonds. The van der Waals surface area contributed by atoms with Crippen molar-refractivity contribution in [1.29, 1.82) is 0 Å². The summed E-state index contributed by atoms with van der Waals surface area (Å²) in [4.78, 5) is 28.9. The number of hydrogen-bond acceptors (Lipinski definition) is 5. The van der Waals surface area contributed by atoms with E-state index < -0.39 is 0 Å². The number of thiophene rings is 1. The van der Waals surface area contributed by atoms with E-state index in [0.29, 0.717) is 24.6 Å². The fourth-order valence-electron chi connectivity index (χ4n) is 5.12. The number of benzene rings is 2. The summed E-state index contributed by atoms with van der Waals surface area (Å²) in [5.74, 6) is 0.534. The lowest BCUT2D eigenvalue weighted by Crippen LogP contribution is -2.57. The van der Waals surface area contributed by atoms with Gasteiger partial charge in [-0.15, -0.1) is 11.3 Å². The molecule has 1 unspecified atom stereocenters. The van der Waals surface area contributed by atoms with Gasteiger partial charge in [0.1, 0.15) is 0 Å². The van der Waals surface area contributed by atoms with Crippen LogP contribution in [0.2, 0.25) is 0 Å². The van der Waals surface area contributed by atoms with Gasteiger partial charge < -0.3 is 20.3 Å². The normalized spacial score (nSPS) is 21.5. The number of carbonyl (C=O) groups excluding carboxylic acids is 2. The minimum Gasteiger partial charge on any atom is -0.385 e. The number of rotatable bonds is 8. The maximum atomic E-state index is 13.1. The topological polar surface area (TPSA) is 70.7 Å². The lowest BCUT2D eigenvalue weighted by Gasteiger charge is -2.44. The van der Waals surface area contributed by atoms with E-state index in [2.05, 4.69) is 21.6 Å². The van der Waals surface area contributed by atoms with Crippen molar-refractivity contribution in [3.8, 4) is 11.1 Å². The summed E-state index contributed by atoms with van der Waals surface area (Å²) < 4.78 is 6.11. The highest BCUT2D eigenvalue weighted by Crippen LogP contribution is 2.36. The van der Waals surface area contributed by atoms with Gasteiger partial charge in [0.15, 0.2) is 0 Å². The summed E-state index contributed by atoms with van der Waals surface area (Å²) in [7, 11) is 1.66. The summed E-state index contributed by atoms with van der Waals surface area (Å²) >= 11 is 1.53. The Morgan fingerprint density at radius 2 is 1.91 bits per heavy atom. The van der Waals surface area contributed by atoms with E-state index in [0.717, 1.165) is 52.1 Å². The largest absolute Gasteiger partial charge is 0.385 e. The zero-order chi connectivity index (χ0) is 23.5. The molecule has 0 saturated carbocycles. The minimum absolute atomic E-state index is 0.0232. The fraction of sp³-hybridized carbons (Fsp3) is 0.407. The first-order valence-corrected chi connectivity index (χ1v) is 12.9. The van der Waals surface area contributed by atoms with Crippen molar-refractivity contribution in [2.24, 2.45) is 5.92 Å². The van der Waals surface area contributed by atoms with E-state index in [4.69, 9.17) is 4.74 Å². The van der Waals surface area contributed by atoms with Gasteiger partial charge in [0.2, 0.25) is 0 Å². The van der Waals surface area contributed by atoms with Gasteiger partial charge in [-0.1, -0.05) is 30.3 Å². The average Bonchev–Trinajstić information content (AvgIpc) is 3.32. The molecule has 2 aromatic carbocycles. The highest BCUT2D eigenvalue weighted by molar-refractivity contribution is 7.21. The van der Waals surface area contributed by atoms with Crippen LogP contribution < -0.4 is 10.6 Å². The smallest absolute Gasteiger partial charge is 0.261 e. The molecule has 178 valence electrons. The van der Waals surface area contributed by atoms with Crippen molar-refractivity contribution >= 4 is 33.2 Å². The van der Waals surface area contributed by atoms with Gasteiger partial charge in [-0.2, -0.15) is 0 Å². The van der Waals surface area contributed by atoms with Gasteiger partial charge in [-0.3, -0.25) is 9.59 Å². The molecule has 4 heterocycles. The maximum absolute atomic E-state index is 13.1. The third-order valence-electron chi connectivity index (χ3n) is 6.99. The Hall–Kier alpha value is -2.74. The summed E-state index contributed by atoms with van der Waals surface area (Å²) in [5, 5.41) is 7.31. The van der Waals surface area contributed by atoms with E-state index in [1.54, 1.807) is 7.11 Å². The number of fused-ring (bicyclic) bond motifs is 4. The molecule has 0 radical (unpaired) electrons. The molecule has 0 aliphatic carbocycles. The molecule has 7 heteroatoms. The second kappa shape index (κ2) is 10.3. The molecule has 3 aromatic rings. The quantitative estimate of drug-likeness (QED) is 0.478. The molecule has 3 aliphatic heterocycles. The highest BCUT2D eigenvalue weighted by atomic mass is 32.1. The van der Waals surface area contributed by atoms with E-state index in [9.17, 15) is 9.59 Å². The summed E-state index contributed by atoms with van der Waals surface area (Å²) in [6, 6.07) is 16.0. The molecule has 6 nitrogen and oxygen atoms in total. The molecule has 3 fully saturated rings. The Balaban J connectivity index is 1.35. The fourth-order valence-corrected chi connectivity index (χ4v) is 6.22. The van der Waals surface area contributed by atoms with Gasteiger partial charge in [0.05, 0.1) is 4.88 Å². The molecule has 2 N–H and O–H groups in total. The number of piperidine rings is 3. The highest BCUT2D eigenvalue weighted by Gasteiger charge is 2.35. The molecular formula is C27H31N3O3S. The van der Waals surface area contributed by atoms with E-state index in [-0.39, 0.29) is 17.9 Å². The second-order valence-corrected chi connectivity index (χ2v) is 10.3. The lowest BCUT2D eigenvalue weighted by molar-refractivity contribution is 0.0622. The zero-order valence-corrected chi connectivity index (χ0v) is 20.3. The van der Waals surface area contributed by atoms with Crippen molar-refractivity contribution in [2.75, 3.05) is 39.9 Å². The summed E-state index contributed by atoms with van der Waals surface area (Å²) in [5.41, 5.74) is 2.64.